The number of nitrogens with zero attached hydrogens (tertiary/aromatic N) is 2. The molecule has 0 aliphatic carbocycles. The second kappa shape index (κ2) is 8.26. The van der Waals surface area contributed by atoms with Crippen molar-refractivity contribution in [1.82, 2.24) is 14.5 Å². The fraction of sp³-hybridized carbons (Fsp3) is 0.350. The van der Waals surface area contributed by atoms with Gasteiger partial charge in [0.1, 0.15) is 12.3 Å². The first-order valence-corrected chi connectivity index (χ1v) is 9.07. The maximum Gasteiger partial charge on any atom is 0.332 e. The maximum absolute atomic E-state index is 13.0. The van der Waals surface area contributed by atoms with Gasteiger partial charge in [-0.3, -0.25) is 18.7 Å². The third kappa shape index (κ3) is 3.89. The highest BCUT2D eigenvalue weighted by Gasteiger charge is 2.19. The number of hydrogen-bond donors (Lipinski definition) is 1. The molecule has 0 aliphatic rings. The number of aromatic nitrogens is 2. The SMILES string of the molecule is COc1cc2c(=O)n(C(C)C)c(=O)n(CC(=O)NCc3ccco3)c2cc1OC. The van der Waals surface area contributed by atoms with Crippen molar-refractivity contribution in [3.05, 3.63) is 57.1 Å². The van der Waals surface area contributed by atoms with Crippen molar-refractivity contribution >= 4 is 16.8 Å². The van der Waals surface area contributed by atoms with Gasteiger partial charge < -0.3 is 19.2 Å². The minimum absolute atomic E-state index is 0.194. The minimum atomic E-state index is -0.571. The Balaban J connectivity index is 2.11. The Morgan fingerprint density at radius 2 is 1.86 bits per heavy atom. The average molecular weight is 401 g/mol. The number of rotatable bonds is 7. The van der Waals surface area contributed by atoms with Gasteiger partial charge in [-0.1, -0.05) is 0 Å². The maximum atomic E-state index is 13.0. The molecule has 1 aromatic carbocycles. The average Bonchev–Trinajstić information content (AvgIpc) is 3.22. The van der Waals surface area contributed by atoms with Crippen molar-refractivity contribution in [3.63, 3.8) is 0 Å². The van der Waals surface area contributed by atoms with Gasteiger partial charge in [0.15, 0.2) is 11.5 Å². The summed E-state index contributed by atoms with van der Waals surface area (Å²) in [5, 5.41) is 2.96. The summed E-state index contributed by atoms with van der Waals surface area (Å²) in [7, 11) is 2.92. The summed E-state index contributed by atoms with van der Waals surface area (Å²) in [5.74, 6) is 0.911. The van der Waals surface area contributed by atoms with Gasteiger partial charge in [0, 0.05) is 12.1 Å². The van der Waals surface area contributed by atoms with Crippen LogP contribution >= 0.6 is 0 Å². The highest BCUT2D eigenvalue weighted by Crippen LogP contribution is 2.30. The molecule has 0 atom stereocenters. The van der Waals surface area contributed by atoms with E-state index < -0.39 is 17.2 Å². The molecule has 0 saturated heterocycles. The van der Waals surface area contributed by atoms with Gasteiger partial charge in [0.05, 0.1) is 37.9 Å². The van der Waals surface area contributed by atoms with Crippen LogP contribution in [0.1, 0.15) is 25.6 Å². The highest BCUT2D eigenvalue weighted by atomic mass is 16.5. The molecule has 2 aromatic heterocycles. The largest absolute Gasteiger partial charge is 0.493 e. The summed E-state index contributed by atoms with van der Waals surface area (Å²) in [4.78, 5) is 38.4. The standard InChI is InChI=1S/C20H23N3O6/c1-12(2)23-19(25)14-8-16(27-3)17(28-4)9-15(14)22(20(23)26)11-18(24)21-10-13-6-5-7-29-13/h5-9,12H,10-11H2,1-4H3,(H,21,24). The van der Waals surface area contributed by atoms with Crippen LogP contribution in [0.5, 0.6) is 11.5 Å². The molecule has 3 aromatic rings. The molecule has 29 heavy (non-hydrogen) atoms. The summed E-state index contributed by atoms with van der Waals surface area (Å²) in [5.41, 5.74) is -0.728. The molecule has 0 spiro atoms. The minimum Gasteiger partial charge on any atom is -0.493 e. The first kappa shape index (κ1) is 20.2. The summed E-state index contributed by atoms with van der Waals surface area (Å²) in [6.07, 6.45) is 1.51. The molecule has 9 heteroatoms. The molecule has 0 aliphatic heterocycles. The Bertz CT molecular complexity index is 1140. The van der Waals surface area contributed by atoms with Crippen LogP contribution in [-0.4, -0.2) is 29.3 Å². The second-order valence-corrected chi connectivity index (χ2v) is 6.72. The molecule has 154 valence electrons. The Kier molecular flexibility index (Phi) is 5.76. The zero-order valence-corrected chi connectivity index (χ0v) is 16.7. The number of ether oxygens (including phenoxy) is 2. The lowest BCUT2D eigenvalue weighted by molar-refractivity contribution is -0.121. The number of methoxy groups -OCH3 is 2. The molecule has 9 nitrogen and oxygen atoms in total. The first-order chi connectivity index (χ1) is 13.9. The van der Waals surface area contributed by atoms with Gasteiger partial charge in [-0.15, -0.1) is 0 Å². The van der Waals surface area contributed by atoms with Crippen LogP contribution in [-0.2, 0) is 17.9 Å². The normalized spacial score (nSPS) is 11.1. The predicted octanol–water partition coefficient (Wildman–Crippen LogP) is 1.67. The van der Waals surface area contributed by atoms with Gasteiger partial charge in [0.25, 0.3) is 5.56 Å². The number of benzene rings is 1. The molecule has 2 heterocycles. The zero-order valence-electron chi connectivity index (χ0n) is 16.7. The molecule has 0 bridgehead atoms. The Labute approximate surface area is 166 Å². The molecular formula is C20H23N3O6. The van der Waals surface area contributed by atoms with E-state index in [1.807, 2.05) is 0 Å². The number of fused-ring (bicyclic) bond motifs is 1. The highest BCUT2D eigenvalue weighted by molar-refractivity contribution is 5.84. The quantitative estimate of drug-likeness (QED) is 0.646. The molecule has 0 saturated carbocycles. The summed E-state index contributed by atoms with van der Waals surface area (Å²) in [6, 6.07) is 6.12. The topological polar surface area (TPSA) is 105 Å². The summed E-state index contributed by atoms with van der Waals surface area (Å²) < 4.78 is 18.1. The summed E-state index contributed by atoms with van der Waals surface area (Å²) >= 11 is 0. The van der Waals surface area contributed by atoms with Crippen LogP contribution in [0.2, 0.25) is 0 Å². The van der Waals surface area contributed by atoms with Crippen molar-refractivity contribution < 1.29 is 18.7 Å². The molecule has 3 rings (SSSR count). The fourth-order valence-electron chi connectivity index (χ4n) is 3.12. The summed E-state index contributed by atoms with van der Waals surface area (Å²) in [6.45, 7) is 3.39. The van der Waals surface area contributed by atoms with Crippen LogP contribution in [0.15, 0.2) is 44.5 Å². The third-order valence-electron chi connectivity index (χ3n) is 4.54. The zero-order chi connectivity index (χ0) is 21.1. The monoisotopic (exact) mass is 401 g/mol. The van der Waals surface area contributed by atoms with Gasteiger partial charge >= 0.3 is 5.69 Å². The number of carbonyl (C=O) groups is 1. The van der Waals surface area contributed by atoms with Crippen molar-refractivity contribution in [2.75, 3.05) is 14.2 Å². The molecule has 0 radical (unpaired) electrons. The molecular weight excluding hydrogens is 378 g/mol. The van der Waals surface area contributed by atoms with E-state index in [1.54, 1.807) is 26.0 Å². The van der Waals surface area contributed by atoms with Crippen LogP contribution in [0.4, 0.5) is 0 Å². The van der Waals surface area contributed by atoms with E-state index in [0.717, 1.165) is 4.57 Å². The van der Waals surface area contributed by atoms with Crippen molar-refractivity contribution in [1.29, 1.82) is 0 Å². The number of nitrogens with one attached hydrogen (secondary N) is 1. The molecule has 1 N–H and O–H groups in total. The van der Waals surface area contributed by atoms with Crippen molar-refractivity contribution in [2.24, 2.45) is 0 Å². The Hall–Kier alpha value is -3.49. The lowest BCUT2D eigenvalue weighted by atomic mass is 10.2. The van der Waals surface area contributed by atoms with Crippen molar-refractivity contribution in [2.45, 2.75) is 33.0 Å². The van der Waals surface area contributed by atoms with E-state index in [-0.39, 0.29) is 24.5 Å². The van der Waals surface area contributed by atoms with E-state index in [0.29, 0.717) is 22.8 Å². The Morgan fingerprint density at radius 1 is 1.17 bits per heavy atom. The van der Waals surface area contributed by atoms with Crippen LogP contribution < -0.4 is 26.0 Å². The lowest BCUT2D eigenvalue weighted by Crippen LogP contribution is -2.43. The lowest BCUT2D eigenvalue weighted by Gasteiger charge is -2.17. The number of amides is 1. The van der Waals surface area contributed by atoms with E-state index in [1.165, 1.54) is 37.2 Å². The first-order valence-electron chi connectivity index (χ1n) is 9.07. The van der Waals surface area contributed by atoms with Gasteiger partial charge in [0.2, 0.25) is 5.91 Å². The number of furan rings is 1. The molecule has 0 unspecified atom stereocenters. The van der Waals surface area contributed by atoms with E-state index in [4.69, 9.17) is 13.9 Å². The van der Waals surface area contributed by atoms with Crippen LogP contribution in [0, 0.1) is 0 Å². The van der Waals surface area contributed by atoms with E-state index in [9.17, 15) is 14.4 Å². The van der Waals surface area contributed by atoms with E-state index >= 15 is 0 Å². The van der Waals surface area contributed by atoms with Crippen molar-refractivity contribution in [3.8, 4) is 11.5 Å². The molecule has 0 fully saturated rings. The number of hydrogen-bond acceptors (Lipinski definition) is 6. The van der Waals surface area contributed by atoms with Gasteiger partial charge in [-0.25, -0.2) is 4.79 Å². The predicted molar refractivity (Wildman–Crippen MR) is 107 cm³/mol. The van der Waals surface area contributed by atoms with Gasteiger partial charge in [-0.2, -0.15) is 0 Å². The molecule has 1 amide bonds. The van der Waals surface area contributed by atoms with Crippen LogP contribution in [0.25, 0.3) is 10.9 Å². The van der Waals surface area contributed by atoms with E-state index in [2.05, 4.69) is 5.32 Å². The third-order valence-corrected chi connectivity index (χ3v) is 4.54. The second-order valence-electron chi connectivity index (χ2n) is 6.72. The number of carbonyl (C=O) groups excluding carboxylic acids is 1. The Morgan fingerprint density at radius 3 is 2.45 bits per heavy atom. The fourth-order valence-corrected chi connectivity index (χ4v) is 3.12. The smallest absolute Gasteiger partial charge is 0.332 e. The van der Waals surface area contributed by atoms with Crippen LogP contribution in [0.3, 0.4) is 0 Å². The van der Waals surface area contributed by atoms with Gasteiger partial charge in [-0.05, 0) is 32.0 Å².